The van der Waals surface area contributed by atoms with E-state index < -0.39 is 24.3 Å². The van der Waals surface area contributed by atoms with Gasteiger partial charge in [0.15, 0.2) is 0 Å². The Morgan fingerprint density at radius 3 is 2.28 bits per heavy atom. The summed E-state index contributed by atoms with van der Waals surface area (Å²) in [5.41, 5.74) is 6.41. The Bertz CT molecular complexity index is 2600. The Kier molecular flexibility index (Phi) is 10.7. The second-order valence-corrected chi connectivity index (χ2v) is 16.7. The minimum Gasteiger partial charge on any atom is -0.453 e. The van der Waals surface area contributed by atoms with Crippen LogP contribution in [0.2, 0.25) is 0 Å². The summed E-state index contributed by atoms with van der Waals surface area (Å²) >= 11 is 0. The van der Waals surface area contributed by atoms with Crippen molar-refractivity contribution in [3.8, 4) is 22.4 Å². The minimum atomic E-state index is -0.877. The standard InChI is InChI=1S/C47H50N8O6/c1-26(2)38(52-46(58)60-3)44(56)54-22-8-11-37(54)42-49-35-21-18-31-23-30(17-20-34(31)40(35)51-42)27-12-14-28(15-13-27)36-25-48-43(50-36)41-32-16-19-33(24-32)55(41)45(57)39(53-47(59)61-4)29-9-6-5-7-10-29/h5-7,9-10,12-15,17-18,20-21,23,25-26,32-33,37-39,41H,8,11,16,19,22,24H2,1-4H3,(H,48,50)(H,49,51)(H,52,58)(H,53,59)/t32-,33+,37-,38-,39+,41?/m0/s1. The SMILES string of the molecule is COC(=O)N[C@H](C(=O)N1CCC[C@H]1c1nc2c(ccc3cc(-c4ccc(-c5cnc(C6[C@H]7CC[C@H](C7)N6C(=O)[C@H](NC(=O)OC)c6ccccc6)[nH]5)cc4)ccc32)[nH]1)C(C)C. The highest BCUT2D eigenvalue weighted by atomic mass is 16.5. The first-order valence-corrected chi connectivity index (χ1v) is 21.1. The maximum Gasteiger partial charge on any atom is 0.407 e. The predicted molar refractivity (Wildman–Crippen MR) is 230 cm³/mol. The Morgan fingerprint density at radius 1 is 0.787 bits per heavy atom. The number of hydrogen-bond donors (Lipinski definition) is 4. The highest BCUT2D eigenvalue weighted by molar-refractivity contribution is 6.05. The minimum absolute atomic E-state index is 0.0725. The van der Waals surface area contributed by atoms with Crippen LogP contribution in [0.4, 0.5) is 9.59 Å². The van der Waals surface area contributed by atoms with E-state index in [4.69, 9.17) is 19.4 Å². The van der Waals surface area contributed by atoms with E-state index in [1.165, 1.54) is 14.2 Å². The number of hydrogen-bond acceptors (Lipinski definition) is 8. The predicted octanol–water partition coefficient (Wildman–Crippen LogP) is 7.97. The van der Waals surface area contributed by atoms with Crippen LogP contribution < -0.4 is 10.6 Å². The molecule has 2 bridgehead atoms. The van der Waals surface area contributed by atoms with Crippen LogP contribution >= 0.6 is 0 Å². The molecule has 9 rings (SSSR count). The Hall–Kier alpha value is -6.70. The maximum atomic E-state index is 14.3. The lowest BCUT2D eigenvalue weighted by atomic mass is 9.96. The lowest BCUT2D eigenvalue weighted by Gasteiger charge is -2.36. The fraction of sp³-hybridized carbons (Fsp3) is 0.362. The van der Waals surface area contributed by atoms with E-state index in [1.807, 2.05) is 66.2 Å². The molecular formula is C47H50N8O6. The second kappa shape index (κ2) is 16.4. The number of aromatic amines is 2. The molecule has 4 heterocycles. The van der Waals surface area contributed by atoms with Crippen molar-refractivity contribution >= 4 is 45.8 Å². The topological polar surface area (TPSA) is 175 Å². The third-order valence-corrected chi connectivity index (χ3v) is 12.8. The highest BCUT2D eigenvalue weighted by Gasteiger charge is 2.51. The molecule has 3 fully saturated rings. The molecule has 3 aliphatic rings. The molecule has 4 N–H and O–H groups in total. The monoisotopic (exact) mass is 822 g/mol. The van der Waals surface area contributed by atoms with Crippen molar-refractivity contribution < 1.29 is 28.7 Å². The van der Waals surface area contributed by atoms with Crippen molar-refractivity contribution in [2.75, 3.05) is 20.8 Å². The summed E-state index contributed by atoms with van der Waals surface area (Å²) in [6, 6.07) is 26.2. The molecule has 0 spiro atoms. The molecule has 6 aromatic rings. The average Bonchev–Trinajstić information content (AvgIpc) is 4.15. The first-order chi connectivity index (χ1) is 29.6. The zero-order valence-corrected chi connectivity index (χ0v) is 34.7. The van der Waals surface area contributed by atoms with Crippen molar-refractivity contribution in [3.05, 3.63) is 108 Å². The number of carbonyl (C=O) groups is 4. The van der Waals surface area contributed by atoms with Crippen molar-refractivity contribution in [1.29, 1.82) is 0 Å². The van der Waals surface area contributed by atoms with Crippen LogP contribution in [0.25, 0.3) is 44.2 Å². The number of piperidine rings is 1. The molecule has 314 valence electrons. The zero-order valence-electron chi connectivity index (χ0n) is 34.7. The maximum absolute atomic E-state index is 14.3. The van der Waals surface area contributed by atoms with E-state index in [0.717, 1.165) is 87.9 Å². The molecular weight excluding hydrogens is 773 g/mol. The molecule has 1 unspecified atom stereocenters. The summed E-state index contributed by atoms with van der Waals surface area (Å²) in [5, 5.41) is 7.55. The number of carbonyl (C=O) groups excluding carboxylic acids is 4. The van der Waals surface area contributed by atoms with E-state index in [-0.39, 0.29) is 41.8 Å². The van der Waals surface area contributed by atoms with Gasteiger partial charge in [0.25, 0.3) is 5.91 Å². The zero-order chi connectivity index (χ0) is 42.4. The number of rotatable bonds is 10. The van der Waals surface area contributed by atoms with Gasteiger partial charge in [0.05, 0.1) is 49.2 Å². The number of benzene rings is 4. The first kappa shape index (κ1) is 39.7. The normalized spacial score (nSPS) is 20.6. The van der Waals surface area contributed by atoms with Gasteiger partial charge in [-0.1, -0.05) is 86.6 Å². The number of ether oxygens (including phenoxy) is 2. The summed E-state index contributed by atoms with van der Waals surface area (Å²) in [6.07, 6.45) is 5.00. The molecule has 4 aromatic carbocycles. The van der Waals surface area contributed by atoms with E-state index in [9.17, 15) is 19.2 Å². The number of methoxy groups -OCH3 is 2. The fourth-order valence-corrected chi connectivity index (χ4v) is 9.74. The summed E-state index contributed by atoms with van der Waals surface area (Å²) in [5.74, 6) is 1.33. The van der Waals surface area contributed by atoms with E-state index in [1.54, 1.807) is 0 Å². The molecule has 61 heavy (non-hydrogen) atoms. The van der Waals surface area contributed by atoms with Crippen LogP contribution in [0.15, 0.2) is 91.1 Å². The molecule has 2 saturated heterocycles. The van der Waals surface area contributed by atoms with E-state index >= 15 is 0 Å². The Balaban J connectivity index is 0.929. The number of nitrogens with zero attached hydrogens (tertiary/aromatic N) is 4. The van der Waals surface area contributed by atoms with Crippen molar-refractivity contribution in [1.82, 2.24) is 40.4 Å². The van der Waals surface area contributed by atoms with Crippen LogP contribution in [-0.2, 0) is 19.1 Å². The molecule has 1 aliphatic carbocycles. The summed E-state index contributed by atoms with van der Waals surface area (Å²) in [7, 11) is 2.59. The van der Waals surface area contributed by atoms with Crippen LogP contribution in [0.5, 0.6) is 0 Å². The number of H-pyrrole nitrogens is 2. The molecule has 14 heteroatoms. The van der Waals surface area contributed by atoms with Crippen LogP contribution in [-0.4, -0.2) is 86.6 Å². The second-order valence-electron chi connectivity index (χ2n) is 16.7. The van der Waals surface area contributed by atoms with Gasteiger partial charge in [-0.15, -0.1) is 0 Å². The van der Waals surface area contributed by atoms with E-state index in [0.29, 0.717) is 12.1 Å². The van der Waals surface area contributed by atoms with Crippen LogP contribution in [0.3, 0.4) is 0 Å². The van der Waals surface area contributed by atoms with E-state index in [2.05, 4.69) is 69.1 Å². The van der Waals surface area contributed by atoms with Crippen molar-refractivity contribution in [2.24, 2.45) is 11.8 Å². The number of nitrogens with one attached hydrogen (secondary N) is 4. The van der Waals surface area contributed by atoms with Gasteiger partial charge in [-0.25, -0.2) is 19.6 Å². The molecule has 6 atom stereocenters. The molecule has 2 aromatic heterocycles. The lowest BCUT2D eigenvalue weighted by molar-refractivity contribution is -0.138. The van der Waals surface area contributed by atoms with Gasteiger partial charge in [0.1, 0.15) is 23.7 Å². The lowest BCUT2D eigenvalue weighted by Crippen LogP contribution is -2.51. The van der Waals surface area contributed by atoms with Gasteiger partial charge in [-0.2, -0.15) is 0 Å². The number of fused-ring (bicyclic) bond motifs is 5. The number of alkyl carbamates (subject to hydrolysis) is 2. The molecule has 14 nitrogen and oxygen atoms in total. The number of imidazole rings is 2. The van der Waals surface area contributed by atoms with Crippen molar-refractivity contribution in [2.45, 2.75) is 76.2 Å². The first-order valence-electron chi connectivity index (χ1n) is 21.1. The quantitative estimate of drug-likeness (QED) is 0.108. The van der Waals surface area contributed by atoms with Crippen molar-refractivity contribution in [3.63, 3.8) is 0 Å². The third-order valence-electron chi connectivity index (χ3n) is 12.8. The van der Waals surface area contributed by atoms with Gasteiger partial charge >= 0.3 is 12.2 Å². The average molecular weight is 823 g/mol. The summed E-state index contributed by atoms with van der Waals surface area (Å²) in [6.45, 7) is 4.40. The number of likely N-dealkylation sites (tertiary alicyclic amines) is 2. The Morgan fingerprint density at radius 2 is 1.52 bits per heavy atom. The summed E-state index contributed by atoms with van der Waals surface area (Å²) in [4.78, 5) is 73.2. The third kappa shape index (κ3) is 7.44. The van der Waals surface area contributed by atoms with Gasteiger partial charge in [-0.3, -0.25) is 9.59 Å². The Labute approximate surface area is 353 Å². The van der Waals surface area contributed by atoms with Crippen LogP contribution in [0, 0.1) is 11.8 Å². The number of aromatic nitrogens is 4. The van der Waals surface area contributed by atoms with Gasteiger partial charge < -0.3 is 39.9 Å². The summed E-state index contributed by atoms with van der Waals surface area (Å²) < 4.78 is 9.69. The van der Waals surface area contributed by atoms with Gasteiger partial charge in [0.2, 0.25) is 5.91 Å². The molecule has 0 radical (unpaired) electrons. The van der Waals surface area contributed by atoms with Gasteiger partial charge in [-0.05, 0) is 83.7 Å². The number of amides is 4. The molecule has 2 aliphatic heterocycles. The van der Waals surface area contributed by atoms with Gasteiger partial charge in [0, 0.05) is 18.0 Å². The smallest absolute Gasteiger partial charge is 0.407 e. The molecule has 4 amide bonds. The van der Waals surface area contributed by atoms with Crippen LogP contribution in [0.1, 0.15) is 81.3 Å². The molecule has 1 saturated carbocycles. The fourth-order valence-electron chi connectivity index (χ4n) is 9.74. The largest absolute Gasteiger partial charge is 0.453 e. The highest BCUT2D eigenvalue weighted by Crippen LogP contribution is 2.50.